The Balaban J connectivity index is 1.40. The van der Waals surface area contributed by atoms with Gasteiger partial charge in [0.25, 0.3) is 0 Å². The molecule has 0 N–H and O–H groups in total. The Morgan fingerprint density at radius 2 is 0.957 bits per heavy atom. The summed E-state index contributed by atoms with van der Waals surface area (Å²) < 4.78 is 9.46. The molecule has 10 rings (SSSR count). The molecule has 0 saturated heterocycles. The molecule has 0 unspecified atom stereocenters. The number of furan rings is 1. The lowest BCUT2D eigenvalue weighted by Gasteiger charge is -2.19. The van der Waals surface area contributed by atoms with Crippen LogP contribution in [-0.2, 0) is 0 Å². The summed E-state index contributed by atoms with van der Waals surface area (Å²) in [5, 5.41) is 11.1. The van der Waals surface area contributed by atoms with Gasteiger partial charge in [-0.05, 0) is 61.6 Å². The average molecular weight is 603 g/mol. The zero-order valence-electron chi connectivity index (χ0n) is 24.8. The fourth-order valence-corrected chi connectivity index (χ4v) is 8.60. The highest BCUT2D eigenvalue weighted by Gasteiger charge is 2.25. The SMILES string of the molecule is c1ccc(-c2oc3cc4sc5ccccc5c4cc3c2-c2c3ccccc3c(-c3cccc4ccccc34)c3ccccc23)cc1. The van der Waals surface area contributed by atoms with E-state index in [0.717, 1.165) is 27.9 Å². The second kappa shape index (κ2) is 9.90. The Hall–Kier alpha value is -5.70. The molecular weight excluding hydrogens is 577 g/mol. The summed E-state index contributed by atoms with van der Waals surface area (Å²) in [6.07, 6.45) is 0. The molecule has 10 aromatic rings. The van der Waals surface area contributed by atoms with E-state index in [1.807, 2.05) is 11.3 Å². The summed E-state index contributed by atoms with van der Waals surface area (Å²) in [5.41, 5.74) is 6.88. The van der Waals surface area contributed by atoms with Gasteiger partial charge in [-0.2, -0.15) is 0 Å². The number of benzene rings is 8. The predicted molar refractivity (Wildman–Crippen MR) is 198 cm³/mol. The van der Waals surface area contributed by atoms with Crippen LogP contribution in [0.25, 0.3) is 97.0 Å². The van der Waals surface area contributed by atoms with E-state index in [2.05, 4.69) is 158 Å². The van der Waals surface area contributed by atoms with Gasteiger partial charge in [0.1, 0.15) is 11.3 Å². The first-order chi connectivity index (χ1) is 22.8. The van der Waals surface area contributed by atoms with Crippen molar-refractivity contribution in [1.82, 2.24) is 0 Å². The number of thiophene rings is 1. The minimum atomic E-state index is 0.908. The maximum atomic E-state index is 6.92. The van der Waals surface area contributed by atoms with Gasteiger partial charge in [-0.25, -0.2) is 0 Å². The molecule has 0 atom stereocenters. The van der Waals surface area contributed by atoms with Crippen molar-refractivity contribution < 1.29 is 4.42 Å². The maximum Gasteiger partial charge on any atom is 0.143 e. The first kappa shape index (κ1) is 25.6. The van der Waals surface area contributed by atoms with Gasteiger partial charge < -0.3 is 4.42 Å². The Bertz CT molecular complexity index is 2740. The standard InChI is InChI=1S/C44H26OS/c1-2-14-28(15-3-1)44-43(37-25-36-30-18-10-11-24-39(30)46-40(36)26-38(37)45-44)42-34-21-8-6-19-32(34)41(33-20-7-9-22-35(33)42)31-23-12-16-27-13-4-5-17-29(27)31/h1-26H. The van der Waals surface area contributed by atoms with E-state index < -0.39 is 0 Å². The molecule has 8 aromatic carbocycles. The van der Waals surface area contributed by atoms with Crippen LogP contribution in [0.1, 0.15) is 0 Å². The van der Waals surface area contributed by atoms with Crippen LogP contribution in [0, 0.1) is 0 Å². The van der Waals surface area contributed by atoms with Crippen molar-refractivity contribution in [3.05, 3.63) is 158 Å². The van der Waals surface area contributed by atoms with Crippen molar-refractivity contribution in [1.29, 1.82) is 0 Å². The Morgan fingerprint density at radius 3 is 1.70 bits per heavy atom. The highest BCUT2D eigenvalue weighted by Crippen LogP contribution is 2.51. The van der Waals surface area contributed by atoms with Crippen LogP contribution in [0.2, 0.25) is 0 Å². The number of rotatable bonds is 3. The highest BCUT2D eigenvalue weighted by molar-refractivity contribution is 7.25. The summed E-state index contributed by atoms with van der Waals surface area (Å²) >= 11 is 1.83. The quantitative estimate of drug-likeness (QED) is 0.183. The second-order valence-corrected chi connectivity index (χ2v) is 13.1. The third-order valence-corrected chi connectivity index (χ3v) is 10.6. The van der Waals surface area contributed by atoms with Gasteiger partial charge in [-0.1, -0.05) is 140 Å². The number of fused-ring (bicyclic) bond motifs is 7. The molecular formula is C44H26OS. The summed E-state index contributed by atoms with van der Waals surface area (Å²) in [6, 6.07) is 57.1. The normalized spacial score (nSPS) is 11.9. The van der Waals surface area contributed by atoms with Gasteiger partial charge in [0.05, 0.1) is 0 Å². The molecule has 0 fully saturated rings. The summed E-state index contributed by atoms with van der Waals surface area (Å²) in [7, 11) is 0. The summed E-state index contributed by atoms with van der Waals surface area (Å²) in [4.78, 5) is 0. The molecule has 0 spiro atoms. The molecule has 0 saturated carbocycles. The topological polar surface area (TPSA) is 13.1 Å². The number of hydrogen-bond donors (Lipinski definition) is 0. The van der Waals surface area contributed by atoms with Crippen molar-refractivity contribution >= 4 is 74.8 Å². The van der Waals surface area contributed by atoms with Crippen LogP contribution in [0.15, 0.2) is 162 Å². The number of hydrogen-bond acceptors (Lipinski definition) is 2. The lowest BCUT2D eigenvalue weighted by molar-refractivity contribution is 0.633. The summed E-state index contributed by atoms with van der Waals surface area (Å²) in [5.74, 6) is 0.908. The molecule has 0 amide bonds. The molecule has 0 radical (unpaired) electrons. The van der Waals surface area contributed by atoms with Crippen LogP contribution in [-0.4, -0.2) is 0 Å². The smallest absolute Gasteiger partial charge is 0.143 e. The third kappa shape index (κ3) is 3.68. The Morgan fingerprint density at radius 1 is 0.370 bits per heavy atom. The maximum absolute atomic E-state index is 6.92. The van der Waals surface area contributed by atoms with E-state index in [0.29, 0.717) is 0 Å². The van der Waals surface area contributed by atoms with Crippen LogP contribution in [0.5, 0.6) is 0 Å². The predicted octanol–water partition coefficient (Wildman–Crippen LogP) is 13.3. The van der Waals surface area contributed by atoms with Crippen molar-refractivity contribution in [2.45, 2.75) is 0 Å². The largest absolute Gasteiger partial charge is 0.455 e. The fraction of sp³-hybridized carbons (Fsp3) is 0. The van der Waals surface area contributed by atoms with Crippen molar-refractivity contribution in [2.24, 2.45) is 0 Å². The van der Waals surface area contributed by atoms with E-state index in [-0.39, 0.29) is 0 Å². The van der Waals surface area contributed by atoms with Crippen molar-refractivity contribution in [3.8, 4) is 33.6 Å². The molecule has 0 aliphatic heterocycles. The first-order valence-electron chi connectivity index (χ1n) is 15.7. The monoisotopic (exact) mass is 602 g/mol. The van der Waals surface area contributed by atoms with Gasteiger partial charge >= 0.3 is 0 Å². The van der Waals surface area contributed by atoms with Crippen molar-refractivity contribution in [3.63, 3.8) is 0 Å². The van der Waals surface area contributed by atoms with E-state index in [4.69, 9.17) is 4.42 Å². The van der Waals surface area contributed by atoms with Crippen LogP contribution in [0.3, 0.4) is 0 Å². The molecule has 2 heteroatoms. The molecule has 1 nitrogen and oxygen atoms in total. The van der Waals surface area contributed by atoms with E-state index >= 15 is 0 Å². The van der Waals surface area contributed by atoms with Gasteiger partial charge in [0.15, 0.2) is 0 Å². The Kier molecular flexibility index (Phi) is 5.51. The zero-order valence-corrected chi connectivity index (χ0v) is 25.6. The Labute approximate surface area is 269 Å². The van der Waals surface area contributed by atoms with Crippen LogP contribution >= 0.6 is 11.3 Å². The third-order valence-electron chi connectivity index (χ3n) is 9.46. The second-order valence-electron chi connectivity index (χ2n) is 12.0. The molecule has 2 heterocycles. The van der Waals surface area contributed by atoms with Crippen molar-refractivity contribution in [2.75, 3.05) is 0 Å². The molecule has 0 bridgehead atoms. The molecule has 0 aliphatic carbocycles. The van der Waals surface area contributed by atoms with Gasteiger partial charge in [-0.15, -0.1) is 11.3 Å². The van der Waals surface area contributed by atoms with E-state index in [1.165, 1.54) is 69.2 Å². The van der Waals surface area contributed by atoms with E-state index in [1.54, 1.807) is 0 Å². The van der Waals surface area contributed by atoms with Gasteiger partial charge in [0, 0.05) is 42.2 Å². The van der Waals surface area contributed by atoms with Gasteiger partial charge in [0.2, 0.25) is 0 Å². The van der Waals surface area contributed by atoms with E-state index in [9.17, 15) is 0 Å². The average Bonchev–Trinajstić information content (AvgIpc) is 3.67. The zero-order chi connectivity index (χ0) is 30.2. The fourth-order valence-electron chi connectivity index (χ4n) is 7.49. The summed E-state index contributed by atoms with van der Waals surface area (Å²) in [6.45, 7) is 0. The minimum absolute atomic E-state index is 0.908. The molecule has 0 aliphatic rings. The molecule has 46 heavy (non-hydrogen) atoms. The molecule has 2 aromatic heterocycles. The van der Waals surface area contributed by atoms with Gasteiger partial charge in [-0.3, -0.25) is 0 Å². The van der Waals surface area contributed by atoms with Crippen LogP contribution in [0.4, 0.5) is 0 Å². The first-order valence-corrected chi connectivity index (χ1v) is 16.5. The van der Waals surface area contributed by atoms with Crippen LogP contribution < -0.4 is 0 Å². The lowest BCUT2D eigenvalue weighted by atomic mass is 9.83. The lowest BCUT2D eigenvalue weighted by Crippen LogP contribution is -1.92. The minimum Gasteiger partial charge on any atom is -0.455 e. The molecule has 214 valence electrons. The highest BCUT2D eigenvalue weighted by atomic mass is 32.1.